The van der Waals surface area contributed by atoms with Crippen molar-refractivity contribution in [1.82, 2.24) is 20.2 Å². The Morgan fingerprint density at radius 3 is 2.53 bits per heavy atom. The first-order valence-electron chi connectivity index (χ1n) is 10.9. The number of amides is 2. The summed E-state index contributed by atoms with van der Waals surface area (Å²) >= 11 is 0. The number of nitrogens with zero attached hydrogens (tertiary/aromatic N) is 3. The van der Waals surface area contributed by atoms with Crippen molar-refractivity contribution in [3.8, 4) is 0 Å². The average Bonchev–Trinajstić information content (AvgIpc) is 3.18. The van der Waals surface area contributed by atoms with E-state index in [1.807, 2.05) is 0 Å². The number of carbonyl (C=O) groups excluding carboxylic acids is 2. The molecular weight excluding hydrogens is 386 g/mol. The minimum atomic E-state index is -0.518. The van der Waals surface area contributed by atoms with Gasteiger partial charge in [-0.3, -0.25) is 4.79 Å². The molecule has 3 N–H and O–H groups in total. The number of ether oxygens (including phenoxy) is 1. The topological polar surface area (TPSA) is 117 Å². The zero-order valence-electron chi connectivity index (χ0n) is 17.2. The van der Waals surface area contributed by atoms with E-state index >= 15 is 0 Å². The van der Waals surface area contributed by atoms with Crippen molar-refractivity contribution >= 4 is 17.9 Å². The third kappa shape index (κ3) is 3.59. The molecule has 9 nitrogen and oxygen atoms in total. The van der Waals surface area contributed by atoms with E-state index in [1.54, 1.807) is 11.9 Å². The number of nitrogens with one attached hydrogen (secondary N) is 2. The maximum Gasteiger partial charge on any atom is 0.410 e. The first kappa shape index (κ1) is 19.5. The summed E-state index contributed by atoms with van der Waals surface area (Å²) in [4.78, 5) is 34.5. The van der Waals surface area contributed by atoms with Gasteiger partial charge < -0.3 is 25.4 Å². The molecule has 0 aromatic carbocycles. The van der Waals surface area contributed by atoms with Gasteiger partial charge in [-0.1, -0.05) is 0 Å². The zero-order valence-corrected chi connectivity index (χ0v) is 17.2. The zero-order chi connectivity index (χ0) is 20.9. The number of rotatable bonds is 4. The van der Waals surface area contributed by atoms with Crippen molar-refractivity contribution in [3.63, 3.8) is 0 Å². The molecule has 3 atom stereocenters. The fourth-order valence-corrected chi connectivity index (χ4v) is 6.21. The largest absolute Gasteiger partial charge is 0.446 e. The second-order valence-corrected chi connectivity index (χ2v) is 9.49. The van der Waals surface area contributed by atoms with Gasteiger partial charge in [0.05, 0.1) is 11.2 Å². The average molecular weight is 415 g/mol. The predicted octanol–water partition coefficient (Wildman–Crippen LogP) is 1.40. The first-order valence-corrected chi connectivity index (χ1v) is 10.9. The SMILES string of the molecule is CNC(=O)c1cnc(N[C@@H]2CCN(C(=O)OC3C4CC5CC3CC(O)(C5)C4)C2)nc1. The summed E-state index contributed by atoms with van der Waals surface area (Å²) in [7, 11) is 1.56. The summed E-state index contributed by atoms with van der Waals surface area (Å²) in [5, 5.41) is 16.5. The lowest BCUT2D eigenvalue weighted by Gasteiger charge is -2.57. The smallest absolute Gasteiger partial charge is 0.410 e. The number of carbonyl (C=O) groups is 2. The number of hydrogen-bond acceptors (Lipinski definition) is 7. The molecule has 4 bridgehead atoms. The lowest BCUT2D eigenvalue weighted by atomic mass is 9.53. The number of aliphatic hydroxyl groups is 1. The van der Waals surface area contributed by atoms with Gasteiger partial charge >= 0.3 is 6.09 Å². The van der Waals surface area contributed by atoms with E-state index in [4.69, 9.17) is 4.74 Å². The van der Waals surface area contributed by atoms with E-state index in [9.17, 15) is 14.7 Å². The van der Waals surface area contributed by atoms with Gasteiger partial charge in [0, 0.05) is 38.6 Å². The molecule has 4 aliphatic carbocycles. The Bertz CT molecular complexity index is 815. The van der Waals surface area contributed by atoms with Crippen LogP contribution in [0.15, 0.2) is 12.4 Å². The number of anilines is 1. The van der Waals surface area contributed by atoms with E-state index in [0.717, 1.165) is 38.5 Å². The Labute approximate surface area is 175 Å². The molecule has 0 spiro atoms. The standard InChI is InChI=1S/C21H29N5O4/c1-22-18(27)15-9-23-19(24-10-15)25-16-2-3-26(11-16)20(28)30-17-13-4-12-5-14(17)8-21(29,6-12)7-13/h9-10,12-14,16-17,29H,2-8,11H2,1H3,(H,22,27)(H,23,24,25)/t12?,13?,14?,16-,17?,21?/m1/s1. The second-order valence-electron chi connectivity index (χ2n) is 9.49. The fourth-order valence-electron chi connectivity index (χ4n) is 6.21. The predicted molar refractivity (Wildman–Crippen MR) is 108 cm³/mol. The Morgan fingerprint density at radius 1 is 1.20 bits per heavy atom. The van der Waals surface area contributed by atoms with Gasteiger partial charge in [-0.05, 0) is 56.3 Å². The van der Waals surface area contributed by atoms with Crippen molar-refractivity contribution in [1.29, 1.82) is 0 Å². The fraction of sp³-hybridized carbons (Fsp3) is 0.714. The minimum Gasteiger partial charge on any atom is -0.446 e. The normalized spacial score (nSPS) is 36.6. The van der Waals surface area contributed by atoms with Gasteiger partial charge in [0.15, 0.2) is 0 Å². The lowest BCUT2D eigenvalue weighted by Crippen LogP contribution is -2.58. The van der Waals surface area contributed by atoms with Gasteiger partial charge in [0.2, 0.25) is 5.95 Å². The van der Waals surface area contributed by atoms with Gasteiger partial charge in [-0.25, -0.2) is 14.8 Å². The van der Waals surface area contributed by atoms with Crippen molar-refractivity contribution in [2.24, 2.45) is 17.8 Å². The third-order valence-corrected chi connectivity index (χ3v) is 7.31. The molecule has 2 unspecified atom stereocenters. The van der Waals surface area contributed by atoms with E-state index in [-0.39, 0.29) is 24.1 Å². The van der Waals surface area contributed by atoms with Crippen LogP contribution < -0.4 is 10.6 Å². The maximum absolute atomic E-state index is 12.8. The monoisotopic (exact) mass is 415 g/mol. The molecule has 1 saturated heterocycles. The molecule has 6 rings (SSSR count). The van der Waals surface area contributed by atoms with E-state index < -0.39 is 5.60 Å². The van der Waals surface area contributed by atoms with Crippen LogP contribution in [-0.4, -0.2) is 69.9 Å². The molecule has 30 heavy (non-hydrogen) atoms. The van der Waals surface area contributed by atoms with Gasteiger partial charge in [0.1, 0.15) is 6.10 Å². The highest BCUT2D eigenvalue weighted by molar-refractivity contribution is 5.93. The quantitative estimate of drug-likeness (QED) is 0.680. The number of hydrogen-bond donors (Lipinski definition) is 3. The molecule has 1 aliphatic heterocycles. The van der Waals surface area contributed by atoms with Crippen LogP contribution in [0.4, 0.5) is 10.7 Å². The van der Waals surface area contributed by atoms with Crippen molar-refractivity contribution in [3.05, 3.63) is 18.0 Å². The van der Waals surface area contributed by atoms with Crippen molar-refractivity contribution < 1.29 is 19.4 Å². The maximum atomic E-state index is 12.8. The molecule has 162 valence electrons. The molecule has 5 aliphatic rings. The Hall–Kier alpha value is -2.42. The van der Waals surface area contributed by atoms with Gasteiger partial charge in [-0.15, -0.1) is 0 Å². The Kier molecular flexibility index (Phi) is 4.80. The van der Waals surface area contributed by atoms with E-state index in [1.165, 1.54) is 12.4 Å². The molecule has 1 aromatic rings. The van der Waals surface area contributed by atoms with Crippen LogP contribution in [0.5, 0.6) is 0 Å². The van der Waals surface area contributed by atoms with Crippen LogP contribution in [0.1, 0.15) is 48.9 Å². The number of aromatic nitrogens is 2. The highest BCUT2D eigenvalue weighted by Gasteiger charge is 2.56. The number of likely N-dealkylation sites (tertiary alicyclic amines) is 1. The highest BCUT2D eigenvalue weighted by atomic mass is 16.6. The van der Waals surface area contributed by atoms with Crippen LogP contribution in [0.25, 0.3) is 0 Å². The van der Waals surface area contributed by atoms with Gasteiger partial charge in [0.25, 0.3) is 5.91 Å². The first-order chi connectivity index (χ1) is 14.4. The molecule has 2 heterocycles. The molecule has 0 radical (unpaired) electrons. The molecular formula is C21H29N5O4. The van der Waals surface area contributed by atoms with E-state index in [0.29, 0.717) is 42.4 Å². The molecule has 2 amide bonds. The van der Waals surface area contributed by atoms with Crippen LogP contribution in [-0.2, 0) is 4.74 Å². The van der Waals surface area contributed by atoms with Crippen molar-refractivity contribution in [2.75, 3.05) is 25.5 Å². The molecule has 9 heteroatoms. The second kappa shape index (κ2) is 7.37. The Balaban J connectivity index is 1.15. The third-order valence-electron chi connectivity index (χ3n) is 7.31. The Morgan fingerprint density at radius 2 is 1.90 bits per heavy atom. The minimum absolute atomic E-state index is 0.0441. The summed E-state index contributed by atoms with van der Waals surface area (Å²) in [6, 6.07) is 0.0441. The summed E-state index contributed by atoms with van der Waals surface area (Å²) in [5.41, 5.74) is -0.116. The van der Waals surface area contributed by atoms with Crippen LogP contribution in [0, 0.1) is 17.8 Å². The molecule has 5 fully saturated rings. The highest BCUT2D eigenvalue weighted by Crippen LogP contribution is 2.56. The van der Waals surface area contributed by atoms with Crippen LogP contribution >= 0.6 is 0 Å². The molecule has 1 aromatic heterocycles. The van der Waals surface area contributed by atoms with Crippen LogP contribution in [0.3, 0.4) is 0 Å². The summed E-state index contributed by atoms with van der Waals surface area (Å²) < 4.78 is 5.98. The van der Waals surface area contributed by atoms with E-state index in [2.05, 4.69) is 20.6 Å². The summed E-state index contributed by atoms with van der Waals surface area (Å²) in [6.45, 7) is 1.16. The van der Waals surface area contributed by atoms with Crippen LogP contribution in [0.2, 0.25) is 0 Å². The van der Waals surface area contributed by atoms with Crippen molar-refractivity contribution in [2.45, 2.75) is 56.3 Å². The molecule has 4 saturated carbocycles. The summed E-state index contributed by atoms with van der Waals surface area (Å²) in [6.07, 6.45) is 8.05. The van der Waals surface area contributed by atoms with Gasteiger partial charge in [-0.2, -0.15) is 0 Å². The summed E-state index contributed by atoms with van der Waals surface area (Å²) in [5.74, 6) is 1.41. The lowest BCUT2D eigenvalue weighted by molar-refractivity contribution is -0.177.